The van der Waals surface area contributed by atoms with E-state index in [1.807, 2.05) is 52.3 Å². The molecule has 0 bridgehead atoms. The number of ether oxygens (including phenoxy) is 1. The zero-order valence-corrected chi connectivity index (χ0v) is 27.7. The maximum Gasteiger partial charge on any atom is 0.410 e. The molecule has 0 unspecified atom stereocenters. The van der Waals surface area contributed by atoms with E-state index in [4.69, 9.17) is 4.74 Å². The Kier molecular flexibility index (Phi) is 9.27. The van der Waals surface area contributed by atoms with Gasteiger partial charge in [-0.3, -0.25) is 14.7 Å². The monoisotopic (exact) mass is 623 g/mol. The molecular formula is C35H47F2N5O3. The van der Waals surface area contributed by atoms with Gasteiger partial charge in [0.15, 0.2) is 0 Å². The molecule has 2 fully saturated rings. The average molecular weight is 624 g/mol. The molecule has 2 amide bonds. The molecule has 1 atom stereocenters. The summed E-state index contributed by atoms with van der Waals surface area (Å²) >= 11 is 0. The Morgan fingerprint density at radius 1 is 1.16 bits per heavy atom. The van der Waals surface area contributed by atoms with Crippen LogP contribution < -0.4 is 0 Å². The van der Waals surface area contributed by atoms with Crippen LogP contribution in [0.3, 0.4) is 0 Å². The molecule has 45 heavy (non-hydrogen) atoms. The van der Waals surface area contributed by atoms with Crippen LogP contribution in [0, 0.1) is 18.7 Å². The first-order valence-electron chi connectivity index (χ1n) is 16.0. The van der Waals surface area contributed by atoms with Crippen LogP contribution >= 0.6 is 0 Å². The smallest absolute Gasteiger partial charge is 0.410 e. The van der Waals surface area contributed by atoms with E-state index in [1.54, 1.807) is 29.1 Å². The van der Waals surface area contributed by atoms with Gasteiger partial charge in [-0.15, -0.1) is 0 Å². The van der Waals surface area contributed by atoms with Crippen molar-refractivity contribution in [3.05, 3.63) is 59.3 Å². The van der Waals surface area contributed by atoms with Crippen LogP contribution in [0.1, 0.15) is 75.4 Å². The lowest BCUT2D eigenvalue weighted by Gasteiger charge is -2.38. The molecule has 4 heterocycles. The van der Waals surface area contributed by atoms with E-state index in [9.17, 15) is 14.0 Å². The SMILES string of the molecule is Cc1cncc2c1c(C[C@@H]1CCN(CC3(F)CCN(C(=O)OC(C)(C)C)CC3)C1)cn2-c1ccc(F)cc1C(=O)N(C)C(C)C. The predicted molar refractivity (Wildman–Crippen MR) is 172 cm³/mol. The van der Waals surface area contributed by atoms with Gasteiger partial charge >= 0.3 is 6.09 Å². The van der Waals surface area contributed by atoms with Gasteiger partial charge in [-0.1, -0.05) is 0 Å². The normalized spacial score (nSPS) is 19.0. The van der Waals surface area contributed by atoms with E-state index < -0.39 is 17.1 Å². The number of rotatable bonds is 7. The van der Waals surface area contributed by atoms with Crippen molar-refractivity contribution in [2.75, 3.05) is 39.8 Å². The average Bonchev–Trinajstić information content (AvgIpc) is 3.56. The molecule has 3 aromatic rings. The highest BCUT2D eigenvalue weighted by Crippen LogP contribution is 2.34. The van der Waals surface area contributed by atoms with Crippen molar-refractivity contribution in [3.63, 3.8) is 0 Å². The minimum Gasteiger partial charge on any atom is -0.444 e. The first-order chi connectivity index (χ1) is 21.1. The Bertz CT molecular complexity index is 1550. The third-order valence-corrected chi connectivity index (χ3v) is 9.22. The molecule has 1 aromatic carbocycles. The van der Waals surface area contributed by atoms with Gasteiger partial charge in [-0.2, -0.15) is 0 Å². The van der Waals surface area contributed by atoms with Crippen molar-refractivity contribution in [2.45, 2.75) is 84.5 Å². The van der Waals surface area contributed by atoms with Crippen LogP contribution in [0.4, 0.5) is 13.6 Å². The van der Waals surface area contributed by atoms with Crippen LogP contribution in [0.25, 0.3) is 16.6 Å². The van der Waals surface area contributed by atoms with E-state index in [2.05, 4.69) is 16.1 Å². The highest BCUT2D eigenvalue weighted by Gasteiger charge is 2.40. The third-order valence-electron chi connectivity index (χ3n) is 9.22. The Hall–Kier alpha value is -3.53. The van der Waals surface area contributed by atoms with Gasteiger partial charge in [0.1, 0.15) is 17.1 Å². The molecule has 2 saturated heterocycles. The number of likely N-dealkylation sites (tertiary alicyclic amines) is 2. The summed E-state index contributed by atoms with van der Waals surface area (Å²) in [5.74, 6) is -0.368. The number of carbonyl (C=O) groups excluding carboxylic acids is 2. The van der Waals surface area contributed by atoms with Crippen LogP contribution in [0.2, 0.25) is 0 Å². The molecule has 5 rings (SSSR count). The summed E-state index contributed by atoms with van der Waals surface area (Å²) in [6.45, 7) is 14.1. The number of benzene rings is 1. The highest BCUT2D eigenvalue weighted by atomic mass is 19.1. The highest BCUT2D eigenvalue weighted by molar-refractivity contribution is 5.99. The number of fused-ring (bicyclic) bond motifs is 1. The summed E-state index contributed by atoms with van der Waals surface area (Å²) in [6.07, 6.45) is 7.69. The van der Waals surface area contributed by atoms with Crippen LogP contribution in [0.5, 0.6) is 0 Å². The van der Waals surface area contributed by atoms with Crippen molar-refractivity contribution < 1.29 is 23.1 Å². The quantitative estimate of drug-likeness (QED) is 0.298. The van der Waals surface area contributed by atoms with Gasteiger partial charge in [0.25, 0.3) is 5.91 Å². The van der Waals surface area contributed by atoms with Gasteiger partial charge < -0.3 is 19.1 Å². The molecule has 244 valence electrons. The van der Waals surface area contributed by atoms with Crippen LogP contribution in [-0.2, 0) is 11.2 Å². The molecule has 2 aliphatic rings. The summed E-state index contributed by atoms with van der Waals surface area (Å²) in [7, 11) is 1.73. The first kappa shape index (κ1) is 32.9. The lowest BCUT2D eigenvalue weighted by atomic mass is 9.92. The molecule has 0 N–H and O–H groups in total. The summed E-state index contributed by atoms with van der Waals surface area (Å²) in [5.41, 5.74) is 2.04. The van der Waals surface area contributed by atoms with E-state index in [1.165, 1.54) is 12.1 Å². The second-order valence-electron chi connectivity index (χ2n) is 14.3. The van der Waals surface area contributed by atoms with Crippen LogP contribution in [0.15, 0.2) is 36.8 Å². The van der Waals surface area contributed by atoms with E-state index in [-0.39, 0.29) is 18.0 Å². The molecule has 0 aliphatic carbocycles. The molecule has 0 spiro atoms. The molecule has 2 aromatic heterocycles. The number of pyridine rings is 1. The molecule has 10 heteroatoms. The summed E-state index contributed by atoms with van der Waals surface area (Å²) < 4.78 is 37.8. The largest absolute Gasteiger partial charge is 0.444 e. The lowest BCUT2D eigenvalue weighted by molar-refractivity contribution is -0.00423. The second kappa shape index (κ2) is 12.7. The molecule has 0 saturated carbocycles. The topological polar surface area (TPSA) is 70.9 Å². The number of carbonyl (C=O) groups is 2. The fourth-order valence-corrected chi connectivity index (χ4v) is 6.62. The number of nitrogens with zero attached hydrogens (tertiary/aromatic N) is 5. The minimum atomic E-state index is -1.33. The number of alkyl halides is 1. The van der Waals surface area contributed by atoms with Crippen molar-refractivity contribution in [1.82, 2.24) is 24.3 Å². The van der Waals surface area contributed by atoms with Crippen molar-refractivity contribution in [2.24, 2.45) is 5.92 Å². The van der Waals surface area contributed by atoms with Gasteiger partial charge in [0.2, 0.25) is 0 Å². The van der Waals surface area contributed by atoms with Gasteiger partial charge in [0, 0.05) is 69.9 Å². The Morgan fingerprint density at radius 2 is 1.87 bits per heavy atom. The summed E-state index contributed by atoms with van der Waals surface area (Å²) in [6, 6.07) is 4.32. The molecule has 0 radical (unpaired) electrons. The minimum absolute atomic E-state index is 0.0409. The fraction of sp³-hybridized carbons (Fsp3) is 0.571. The zero-order chi connectivity index (χ0) is 32.7. The molecule has 8 nitrogen and oxygen atoms in total. The number of hydrogen-bond donors (Lipinski definition) is 0. The van der Waals surface area contributed by atoms with Crippen molar-refractivity contribution in [3.8, 4) is 5.69 Å². The first-order valence-corrected chi connectivity index (χ1v) is 16.0. The molecular weight excluding hydrogens is 576 g/mol. The lowest BCUT2D eigenvalue weighted by Crippen LogP contribution is -2.50. The standard InChI is InChI=1S/C35H47F2N5O3/c1-23(2)39(7)32(43)28-17-27(36)8-9-29(28)42-21-26(31-24(3)18-38-19-30(31)42)16-25-10-13-40(20-25)22-35(37)11-14-41(15-12-35)33(44)45-34(4,5)6/h8-9,17-19,21,23,25H,10-16,20,22H2,1-7H3/t25-/m0/s1. The van der Waals surface area contributed by atoms with Crippen molar-refractivity contribution >= 4 is 22.9 Å². The van der Waals surface area contributed by atoms with E-state index >= 15 is 4.39 Å². The maximum atomic E-state index is 16.0. The van der Waals surface area contributed by atoms with Gasteiger partial charge in [-0.05, 0) is 96.2 Å². The van der Waals surface area contributed by atoms with E-state index in [0.717, 1.165) is 48.0 Å². The third kappa shape index (κ3) is 7.32. The molecule has 2 aliphatic heterocycles. The summed E-state index contributed by atoms with van der Waals surface area (Å²) in [5, 5.41) is 1.08. The fourth-order valence-electron chi connectivity index (χ4n) is 6.62. The Labute approximate surface area is 265 Å². The second-order valence-corrected chi connectivity index (χ2v) is 14.3. The summed E-state index contributed by atoms with van der Waals surface area (Å²) in [4.78, 5) is 35.8. The predicted octanol–water partition coefficient (Wildman–Crippen LogP) is 6.56. The Balaban J connectivity index is 1.31. The van der Waals surface area contributed by atoms with Crippen LogP contribution in [-0.4, -0.2) is 93.3 Å². The number of aryl methyl sites for hydroxylation is 1. The number of amides is 2. The van der Waals surface area contributed by atoms with E-state index in [0.29, 0.717) is 49.6 Å². The number of halogens is 2. The Morgan fingerprint density at radius 3 is 2.53 bits per heavy atom. The zero-order valence-electron chi connectivity index (χ0n) is 27.7. The maximum absolute atomic E-state index is 16.0. The number of aromatic nitrogens is 2. The number of hydrogen-bond acceptors (Lipinski definition) is 5. The van der Waals surface area contributed by atoms with Gasteiger partial charge in [-0.25, -0.2) is 13.6 Å². The number of piperidine rings is 1. The van der Waals surface area contributed by atoms with Crippen molar-refractivity contribution in [1.29, 1.82) is 0 Å². The van der Waals surface area contributed by atoms with Gasteiger partial charge in [0.05, 0.1) is 23.0 Å².